The zero-order chi connectivity index (χ0) is 11.5. The van der Waals surface area contributed by atoms with Gasteiger partial charge in [-0.25, -0.2) is 9.97 Å². The first-order chi connectivity index (χ1) is 7.69. The maximum atomic E-state index is 8.84. The molecule has 0 atom stereocenters. The van der Waals surface area contributed by atoms with Crippen molar-refractivity contribution in [3.05, 3.63) is 46.2 Å². The van der Waals surface area contributed by atoms with Crippen LogP contribution in [-0.4, -0.2) is 9.97 Å². The Balaban J connectivity index is 2.56. The van der Waals surface area contributed by atoms with E-state index < -0.39 is 0 Å². The summed E-state index contributed by atoms with van der Waals surface area (Å²) >= 11 is 3.39. The Bertz CT molecular complexity index is 573. The van der Waals surface area contributed by atoms with Crippen molar-refractivity contribution in [2.24, 2.45) is 0 Å². The molecule has 0 unspecified atom stereocenters. The number of benzene rings is 1. The van der Waals surface area contributed by atoms with Gasteiger partial charge in [-0.15, -0.1) is 0 Å². The largest absolute Gasteiger partial charge is 0.233 e. The summed E-state index contributed by atoms with van der Waals surface area (Å²) in [5.41, 5.74) is 2.08. The molecule has 1 heterocycles. The molecule has 1 aromatic carbocycles. The predicted octanol–water partition coefficient (Wildman–Crippen LogP) is 3.09. The molecule has 2 aromatic rings. The van der Waals surface area contributed by atoms with Crippen molar-refractivity contribution < 1.29 is 0 Å². The van der Waals surface area contributed by atoms with Crippen LogP contribution in [0.15, 0.2) is 34.8 Å². The third kappa shape index (κ3) is 2.26. The molecule has 0 fully saturated rings. The summed E-state index contributed by atoms with van der Waals surface area (Å²) in [6.45, 7) is 1.85. The molecule has 3 nitrogen and oxygen atoms in total. The van der Waals surface area contributed by atoms with Gasteiger partial charge in [-0.2, -0.15) is 5.26 Å². The van der Waals surface area contributed by atoms with Gasteiger partial charge in [-0.1, -0.05) is 28.1 Å². The van der Waals surface area contributed by atoms with Gasteiger partial charge in [0.1, 0.15) is 11.8 Å². The Hall–Kier alpha value is -1.73. The molecule has 0 saturated carbocycles. The Morgan fingerprint density at radius 1 is 1.25 bits per heavy atom. The fraction of sp³-hybridized carbons (Fsp3) is 0.0833. The number of hydrogen-bond acceptors (Lipinski definition) is 3. The summed E-state index contributed by atoms with van der Waals surface area (Å²) in [4.78, 5) is 8.48. The van der Waals surface area contributed by atoms with Crippen LogP contribution >= 0.6 is 15.9 Å². The number of halogens is 1. The normalized spacial score (nSPS) is 9.81. The summed E-state index contributed by atoms with van der Waals surface area (Å²) in [5.74, 6) is 0.581. The van der Waals surface area contributed by atoms with Crippen LogP contribution < -0.4 is 0 Å². The zero-order valence-electron chi connectivity index (χ0n) is 8.61. The number of aryl methyl sites for hydroxylation is 1. The quantitative estimate of drug-likeness (QED) is 0.802. The van der Waals surface area contributed by atoms with Gasteiger partial charge in [0.05, 0.1) is 0 Å². The molecule has 0 aliphatic carbocycles. The SMILES string of the molecule is Cc1cc(C#N)nc(-c2cccc(Br)c2)n1. The number of aromatic nitrogens is 2. The van der Waals surface area contributed by atoms with E-state index in [2.05, 4.69) is 25.9 Å². The highest BCUT2D eigenvalue weighted by molar-refractivity contribution is 9.10. The van der Waals surface area contributed by atoms with E-state index in [1.54, 1.807) is 6.07 Å². The molecular formula is C12H8BrN3. The predicted molar refractivity (Wildman–Crippen MR) is 64.6 cm³/mol. The lowest BCUT2D eigenvalue weighted by atomic mass is 10.2. The Labute approximate surface area is 102 Å². The highest BCUT2D eigenvalue weighted by Crippen LogP contribution is 2.20. The lowest BCUT2D eigenvalue weighted by Crippen LogP contribution is -1.94. The Morgan fingerprint density at radius 2 is 2.06 bits per heavy atom. The average molecular weight is 274 g/mol. The van der Waals surface area contributed by atoms with E-state index in [1.165, 1.54) is 0 Å². The monoisotopic (exact) mass is 273 g/mol. The summed E-state index contributed by atoms with van der Waals surface area (Å²) in [6.07, 6.45) is 0. The summed E-state index contributed by atoms with van der Waals surface area (Å²) in [7, 11) is 0. The van der Waals surface area contributed by atoms with Crippen LogP contribution in [0.1, 0.15) is 11.4 Å². The third-order valence-electron chi connectivity index (χ3n) is 2.05. The molecule has 4 heteroatoms. The van der Waals surface area contributed by atoms with Gasteiger partial charge in [-0.05, 0) is 25.1 Å². The van der Waals surface area contributed by atoms with Crippen molar-refractivity contribution >= 4 is 15.9 Å². The van der Waals surface area contributed by atoms with Crippen LogP contribution in [0.5, 0.6) is 0 Å². The summed E-state index contributed by atoms with van der Waals surface area (Å²) < 4.78 is 0.966. The minimum Gasteiger partial charge on any atom is -0.233 e. The van der Waals surface area contributed by atoms with E-state index in [4.69, 9.17) is 5.26 Å². The van der Waals surface area contributed by atoms with E-state index in [9.17, 15) is 0 Å². The second kappa shape index (κ2) is 4.42. The molecule has 0 radical (unpaired) electrons. The number of nitriles is 1. The standard InChI is InChI=1S/C12H8BrN3/c1-8-5-11(7-14)16-12(15-8)9-3-2-4-10(13)6-9/h2-6H,1H3. The van der Waals surface area contributed by atoms with Crippen LogP contribution in [0.2, 0.25) is 0 Å². The second-order valence-electron chi connectivity index (χ2n) is 3.34. The van der Waals surface area contributed by atoms with Gasteiger partial charge in [0, 0.05) is 15.7 Å². The van der Waals surface area contributed by atoms with Crippen molar-refractivity contribution in [1.29, 1.82) is 5.26 Å². The molecule has 0 amide bonds. The minimum atomic E-state index is 0.391. The molecular weight excluding hydrogens is 266 g/mol. The maximum absolute atomic E-state index is 8.84. The minimum absolute atomic E-state index is 0.391. The molecule has 0 N–H and O–H groups in total. The Morgan fingerprint density at radius 3 is 2.75 bits per heavy atom. The highest BCUT2D eigenvalue weighted by Gasteiger charge is 2.04. The molecule has 16 heavy (non-hydrogen) atoms. The molecule has 78 valence electrons. The lowest BCUT2D eigenvalue weighted by Gasteiger charge is -2.02. The van der Waals surface area contributed by atoms with Gasteiger partial charge in [-0.3, -0.25) is 0 Å². The summed E-state index contributed by atoms with van der Waals surface area (Å²) in [5, 5.41) is 8.84. The van der Waals surface area contributed by atoms with Crippen molar-refractivity contribution in [1.82, 2.24) is 9.97 Å². The van der Waals surface area contributed by atoms with Gasteiger partial charge >= 0.3 is 0 Å². The molecule has 0 aliphatic heterocycles. The van der Waals surface area contributed by atoms with E-state index in [0.717, 1.165) is 15.7 Å². The molecule has 0 bridgehead atoms. The van der Waals surface area contributed by atoms with Crippen LogP contribution in [0.3, 0.4) is 0 Å². The third-order valence-corrected chi connectivity index (χ3v) is 2.54. The molecule has 1 aromatic heterocycles. The highest BCUT2D eigenvalue weighted by atomic mass is 79.9. The fourth-order valence-corrected chi connectivity index (χ4v) is 1.78. The molecule has 0 aliphatic rings. The number of rotatable bonds is 1. The molecule has 0 saturated heterocycles. The van der Waals surface area contributed by atoms with Crippen molar-refractivity contribution in [3.8, 4) is 17.5 Å². The maximum Gasteiger partial charge on any atom is 0.160 e. The topological polar surface area (TPSA) is 49.6 Å². The smallest absolute Gasteiger partial charge is 0.160 e. The van der Waals surface area contributed by atoms with E-state index in [-0.39, 0.29) is 0 Å². The van der Waals surface area contributed by atoms with Gasteiger partial charge in [0.2, 0.25) is 0 Å². The van der Waals surface area contributed by atoms with Crippen LogP contribution in [0, 0.1) is 18.3 Å². The fourth-order valence-electron chi connectivity index (χ4n) is 1.38. The van der Waals surface area contributed by atoms with Gasteiger partial charge in [0.25, 0.3) is 0 Å². The van der Waals surface area contributed by atoms with E-state index in [1.807, 2.05) is 37.3 Å². The first-order valence-electron chi connectivity index (χ1n) is 4.71. The van der Waals surface area contributed by atoms with Crippen LogP contribution in [0.4, 0.5) is 0 Å². The van der Waals surface area contributed by atoms with Crippen molar-refractivity contribution in [2.45, 2.75) is 6.92 Å². The first-order valence-corrected chi connectivity index (χ1v) is 5.50. The van der Waals surface area contributed by atoms with Crippen LogP contribution in [0.25, 0.3) is 11.4 Å². The average Bonchev–Trinajstić information content (AvgIpc) is 2.28. The Kier molecular flexibility index (Phi) is 2.97. The number of hydrogen-bond donors (Lipinski definition) is 0. The van der Waals surface area contributed by atoms with Gasteiger partial charge < -0.3 is 0 Å². The van der Waals surface area contributed by atoms with E-state index >= 15 is 0 Å². The van der Waals surface area contributed by atoms with Crippen LogP contribution in [-0.2, 0) is 0 Å². The molecule has 2 rings (SSSR count). The number of nitrogens with zero attached hydrogens (tertiary/aromatic N) is 3. The lowest BCUT2D eigenvalue weighted by molar-refractivity contribution is 1.09. The summed E-state index contributed by atoms with van der Waals surface area (Å²) in [6, 6.07) is 11.4. The zero-order valence-corrected chi connectivity index (χ0v) is 10.2. The van der Waals surface area contributed by atoms with Crippen molar-refractivity contribution in [2.75, 3.05) is 0 Å². The van der Waals surface area contributed by atoms with Gasteiger partial charge in [0.15, 0.2) is 5.82 Å². The van der Waals surface area contributed by atoms with Crippen molar-refractivity contribution in [3.63, 3.8) is 0 Å². The second-order valence-corrected chi connectivity index (χ2v) is 4.26. The first kappa shape index (κ1) is 10.8. The van der Waals surface area contributed by atoms with E-state index in [0.29, 0.717) is 11.5 Å². The molecule has 0 spiro atoms.